The Morgan fingerprint density at radius 2 is 1.89 bits per heavy atom. The smallest absolute Gasteiger partial charge is 0.329 e. The number of anilines is 2. The summed E-state index contributed by atoms with van der Waals surface area (Å²) in [6.45, 7) is 2.97. The number of ether oxygens (including phenoxy) is 3. The van der Waals surface area contributed by atoms with Gasteiger partial charge in [-0.25, -0.2) is 9.98 Å². The minimum atomic E-state index is -1.28. The zero-order valence-electron chi connectivity index (χ0n) is 15.0. The molecule has 1 saturated heterocycles. The molecule has 9 nitrogen and oxygen atoms in total. The molecule has 9 heteroatoms. The maximum absolute atomic E-state index is 11.9. The molecule has 3 rings (SSSR count). The third kappa shape index (κ3) is 4.38. The maximum atomic E-state index is 11.9. The number of aromatic nitrogens is 2. The van der Waals surface area contributed by atoms with Crippen molar-refractivity contribution in [3.63, 3.8) is 0 Å². The molecule has 0 unspecified atom stereocenters. The molecule has 0 atom stereocenters. The third-order valence-electron chi connectivity index (χ3n) is 3.55. The summed E-state index contributed by atoms with van der Waals surface area (Å²) in [6, 6.07) is 8.83. The van der Waals surface area contributed by atoms with E-state index in [1.807, 2.05) is 18.2 Å². The average Bonchev–Trinajstić information content (AvgIpc) is 2.61. The Morgan fingerprint density at radius 3 is 2.59 bits per heavy atom. The number of hydrogen-bond donors (Lipinski definition) is 1. The fraction of sp³-hybridized carbons (Fsp3) is 0.278. The maximum Gasteiger partial charge on any atom is 0.329 e. The number of carbonyl (C=O) groups is 2. The Morgan fingerprint density at radius 1 is 1.19 bits per heavy atom. The largest absolute Gasteiger partial charge is 0.495 e. The van der Waals surface area contributed by atoms with Crippen molar-refractivity contribution in [2.24, 2.45) is 10.9 Å². The number of esters is 2. The molecule has 0 aliphatic carbocycles. The predicted octanol–water partition coefficient (Wildman–Crippen LogP) is 2.38. The van der Waals surface area contributed by atoms with E-state index in [1.54, 1.807) is 13.2 Å². The highest BCUT2D eigenvalue weighted by Gasteiger charge is 2.42. The van der Waals surface area contributed by atoms with Crippen LogP contribution in [0.1, 0.15) is 13.8 Å². The fourth-order valence-electron chi connectivity index (χ4n) is 2.35. The Bertz CT molecular complexity index is 877. The number of aliphatic imine (C=N–C) groups is 1. The lowest BCUT2D eigenvalue weighted by molar-refractivity contribution is -0.235. The van der Waals surface area contributed by atoms with Crippen LogP contribution >= 0.6 is 0 Å². The lowest BCUT2D eigenvalue weighted by Crippen LogP contribution is -2.46. The first-order chi connectivity index (χ1) is 12.9. The zero-order valence-corrected chi connectivity index (χ0v) is 15.0. The summed E-state index contributed by atoms with van der Waals surface area (Å²) in [5.74, 6) is -2.79. The fourth-order valence-corrected chi connectivity index (χ4v) is 2.35. The van der Waals surface area contributed by atoms with Gasteiger partial charge >= 0.3 is 11.9 Å². The van der Waals surface area contributed by atoms with E-state index in [-0.39, 0.29) is 11.8 Å². The number of rotatable bonds is 5. The van der Waals surface area contributed by atoms with Gasteiger partial charge in [0.05, 0.1) is 12.8 Å². The van der Waals surface area contributed by atoms with Crippen molar-refractivity contribution >= 4 is 35.6 Å². The Balaban J connectivity index is 1.75. The van der Waals surface area contributed by atoms with Crippen molar-refractivity contribution in [1.82, 2.24) is 9.97 Å². The van der Waals surface area contributed by atoms with Crippen molar-refractivity contribution < 1.29 is 23.8 Å². The first-order valence-electron chi connectivity index (χ1n) is 8.11. The molecule has 140 valence electrons. The van der Waals surface area contributed by atoms with Crippen LogP contribution in [-0.4, -0.2) is 41.0 Å². The first-order valence-corrected chi connectivity index (χ1v) is 8.11. The van der Waals surface area contributed by atoms with Crippen molar-refractivity contribution in [2.75, 3.05) is 12.4 Å². The van der Waals surface area contributed by atoms with Gasteiger partial charge in [0.2, 0.25) is 5.95 Å². The molecular formula is C18H18N4O5. The molecule has 0 radical (unpaired) electrons. The molecule has 1 aliphatic heterocycles. The molecule has 1 aliphatic rings. The molecular weight excluding hydrogens is 352 g/mol. The molecule has 1 aromatic heterocycles. The summed E-state index contributed by atoms with van der Waals surface area (Å²) in [6.07, 6.45) is 2.65. The lowest BCUT2D eigenvalue weighted by Gasteiger charge is -2.31. The van der Waals surface area contributed by atoms with Crippen molar-refractivity contribution in [3.05, 3.63) is 36.5 Å². The summed E-state index contributed by atoms with van der Waals surface area (Å²) in [5.41, 5.74) is 0.683. The molecule has 1 aromatic carbocycles. The van der Waals surface area contributed by atoms with Crippen molar-refractivity contribution in [1.29, 1.82) is 0 Å². The van der Waals surface area contributed by atoms with E-state index in [9.17, 15) is 9.59 Å². The van der Waals surface area contributed by atoms with Gasteiger partial charge in [0.25, 0.3) is 5.79 Å². The van der Waals surface area contributed by atoms with Crippen LogP contribution in [0.3, 0.4) is 0 Å². The second-order valence-electron chi connectivity index (χ2n) is 6.06. The number of hydrogen-bond acceptors (Lipinski definition) is 9. The van der Waals surface area contributed by atoms with E-state index >= 15 is 0 Å². The van der Waals surface area contributed by atoms with Crippen molar-refractivity contribution in [2.45, 2.75) is 19.6 Å². The van der Waals surface area contributed by atoms with Crippen LogP contribution in [-0.2, 0) is 19.1 Å². The van der Waals surface area contributed by atoms with Crippen LogP contribution in [0.5, 0.6) is 5.75 Å². The highest BCUT2D eigenvalue weighted by molar-refractivity contribution is 6.10. The summed E-state index contributed by atoms with van der Waals surface area (Å²) in [4.78, 5) is 36.3. The summed E-state index contributed by atoms with van der Waals surface area (Å²) in [7, 11) is 1.56. The summed E-state index contributed by atoms with van der Waals surface area (Å²) < 4.78 is 15.3. The van der Waals surface area contributed by atoms with E-state index in [2.05, 4.69) is 20.3 Å². The van der Waals surface area contributed by atoms with Crippen LogP contribution in [0.25, 0.3) is 0 Å². The molecule has 1 fully saturated rings. The summed E-state index contributed by atoms with van der Waals surface area (Å²) >= 11 is 0. The number of nitrogens with zero attached hydrogens (tertiary/aromatic N) is 3. The highest BCUT2D eigenvalue weighted by atomic mass is 16.7. The molecule has 1 N–H and O–H groups in total. The number of cyclic esters (lactones) is 2. The molecule has 0 amide bonds. The van der Waals surface area contributed by atoms with E-state index in [0.29, 0.717) is 11.4 Å². The van der Waals surface area contributed by atoms with Gasteiger partial charge in [0.1, 0.15) is 5.75 Å². The molecule has 2 aromatic rings. The van der Waals surface area contributed by atoms with Crippen LogP contribution in [0.2, 0.25) is 0 Å². The topological polar surface area (TPSA) is 112 Å². The average molecular weight is 370 g/mol. The number of carbonyl (C=O) groups excluding carboxylic acids is 2. The molecule has 27 heavy (non-hydrogen) atoms. The van der Waals surface area contributed by atoms with Gasteiger partial charge in [-0.2, -0.15) is 4.98 Å². The summed E-state index contributed by atoms with van der Waals surface area (Å²) in [5, 5.41) is 3.03. The third-order valence-corrected chi connectivity index (χ3v) is 3.55. The van der Waals surface area contributed by atoms with Gasteiger partial charge in [-0.1, -0.05) is 12.1 Å². The van der Waals surface area contributed by atoms with Crippen LogP contribution in [0.4, 0.5) is 17.5 Å². The van der Waals surface area contributed by atoms with Gasteiger partial charge in [-0.05, 0) is 12.1 Å². The van der Waals surface area contributed by atoms with E-state index in [0.717, 1.165) is 6.21 Å². The molecule has 0 spiro atoms. The second-order valence-corrected chi connectivity index (χ2v) is 6.06. The first kappa shape index (κ1) is 18.3. The van der Waals surface area contributed by atoms with E-state index < -0.39 is 23.6 Å². The quantitative estimate of drug-likeness (QED) is 0.485. The lowest BCUT2D eigenvalue weighted by atomic mass is 10.1. The number of nitrogens with one attached hydrogen (secondary N) is 1. The Kier molecular flexibility index (Phi) is 5.02. The minimum absolute atomic E-state index is 0.257. The van der Waals surface area contributed by atoms with E-state index in [4.69, 9.17) is 14.2 Å². The zero-order chi connectivity index (χ0) is 19.4. The standard InChI is InChI=1S/C18H18N4O5/c1-18(2)26-15(23)11(16(24)27-18)10-20-14-8-9-19-17(22-14)21-12-6-4-5-7-13(12)25-3/h4-11H,1-3H3,(H,19,21,22)/b20-10+. The minimum Gasteiger partial charge on any atom is -0.495 e. The van der Waals surface area contributed by atoms with Crippen LogP contribution in [0, 0.1) is 5.92 Å². The van der Waals surface area contributed by atoms with Crippen LogP contribution in [0.15, 0.2) is 41.5 Å². The number of para-hydroxylation sites is 2. The Hall–Kier alpha value is -3.49. The SMILES string of the molecule is COc1ccccc1Nc1nccc(/N=C/C2C(=O)OC(C)(C)OC2=O)n1. The monoisotopic (exact) mass is 370 g/mol. The van der Waals surface area contributed by atoms with Crippen molar-refractivity contribution in [3.8, 4) is 5.75 Å². The van der Waals surface area contributed by atoms with E-state index in [1.165, 1.54) is 26.1 Å². The Labute approximate surface area is 155 Å². The molecule has 2 heterocycles. The molecule has 0 saturated carbocycles. The van der Waals surface area contributed by atoms with Gasteiger partial charge in [-0.15, -0.1) is 0 Å². The van der Waals surface area contributed by atoms with Gasteiger partial charge in [0, 0.05) is 32.3 Å². The van der Waals surface area contributed by atoms with Gasteiger partial charge < -0.3 is 19.5 Å². The highest BCUT2D eigenvalue weighted by Crippen LogP contribution is 2.26. The van der Waals surface area contributed by atoms with Gasteiger partial charge in [0.15, 0.2) is 11.7 Å². The number of benzene rings is 1. The van der Waals surface area contributed by atoms with Crippen LogP contribution < -0.4 is 10.1 Å². The normalized spacial score (nSPS) is 16.7. The number of methoxy groups -OCH3 is 1. The second kappa shape index (κ2) is 7.40. The molecule has 0 bridgehead atoms. The van der Waals surface area contributed by atoms with Gasteiger partial charge in [-0.3, -0.25) is 9.59 Å². The predicted molar refractivity (Wildman–Crippen MR) is 96.2 cm³/mol.